The van der Waals surface area contributed by atoms with E-state index >= 15 is 0 Å². The lowest BCUT2D eigenvalue weighted by atomic mass is 10.2. The van der Waals surface area contributed by atoms with E-state index in [2.05, 4.69) is 27.2 Å². The molecule has 1 unspecified atom stereocenters. The maximum atomic E-state index is 5.56. The van der Waals surface area contributed by atoms with Crippen LogP contribution >= 0.6 is 0 Å². The topological polar surface area (TPSA) is 69.2 Å². The Morgan fingerprint density at radius 3 is 2.50 bits per heavy atom. The Hall–Kier alpha value is -1.59. The van der Waals surface area contributed by atoms with Gasteiger partial charge in [-0.1, -0.05) is 13.3 Å². The molecule has 1 aromatic heterocycles. The van der Waals surface area contributed by atoms with Crippen LogP contribution in [-0.4, -0.2) is 35.2 Å². The number of rotatable bonds is 6. The van der Waals surface area contributed by atoms with Gasteiger partial charge in [-0.05, 0) is 13.3 Å². The van der Waals surface area contributed by atoms with E-state index in [4.69, 9.17) is 9.47 Å². The van der Waals surface area contributed by atoms with Crippen molar-refractivity contribution in [3.05, 3.63) is 0 Å². The molecule has 6 nitrogen and oxygen atoms in total. The van der Waals surface area contributed by atoms with Crippen LogP contribution in [0.15, 0.2) is 0 Å². The van der Waals surface area contributed by atoms with Crippen LogP contribution in [0.2, 0.25) is 0 Å². The van der Waals surface area contributed by atoms with Gasteiger partial charge in [0.25, 0.3) is 0 Å². The second-order valence-electron chi connectivity index (χ2n) is 3.40. The molecule has 1 atom stereocenters. The van der Waals surface area contributed by atoms with Crippen molar-refractivity contribution in [3.8, 4) is 12.0 Å². The molecule has 1 rings (SSSR count). The summed E-state index contributed by atoms with van der Waals surface area (Å²) < 4.78 is 10.5. The summed E-state index contributed by atoms with van der Waals surface area (Å²) in [6.07, 6.45) is 2.10. The first-order chi connectivity index (χ1) is 7.69. The number of aromatic nitrogens is 3. The zero-order valence-corrected chi connectivity index (χ0v) is 10.1. The van der Waals surface area contributed by atoms with Gasteiger partial charge in [0.1, 0.15) is 0 Å². The Morgan fingerprint density at radius 1 is 1.25 bits per heavy atom. The molecule has 90 valence electrons. The molecule has 1 heterocycles. The van der Waals surface area contributed by atoms with Crippen LogP contribution in [0.3, 0.4) is 0 Å². The van der Waals surface area contributed by atoms with Gasteiger partial charge in [0.05, 0.1) is 13.2 Å². The molecule has 0 saturated carbocycles. The van der Waals surface area contributed by atoms with E-state index in [1.54, 1.807) is 7.05 Å². The highest BCUT2D eigenvalue weighted by atomic mass is 16.5. The third-order valence-electron chi connectivity index (χ3n) is 2.00. The normalized spacial score (nSPS) is 12.0. The lowest BCUT2D eigenvalue weighted by molar-refractivity contribution is 0.189. The van der Waals surface area contributed by atoms with Gasteiger partial charge in [0, 0.05) is 7.05 Å². The van der Waals surface area contributed by atoms with E-state index in [0.717, 1.165) is 12.8 Å². The molecule has 6 heteroatoms. The van der Waals surface area contributed by atoms with Crippen molar-refractivity contribution in [3.63, 3.8) is 0 Å². The number of nitrogens with one attached hydrogen (secondary N) is 1. The standard InChI is InChI=1S/C10H18N4O2/c1-5-6-7(2)16-10-13-8(11-3)12-9(14-10)15-4/h7H,5-6H2,1-4H3,(H,11,12,13,14). The summed E-state index contributed by atoms with van der Waals surface area (Å²) >= 11 is 0. The maximum absolute atomic E-state index is 5.56. The van der Waals surface area contributed by atoms with Crippen LogP contribution in [0.4, 0.5) is 5.95 Å². The van der Waals surface area contributed by atoms with Crippen molar-refractivity contribution in [1.29, 1.82) is 0 Å². The molecule has 1 aromatic rings. The highest BCUT2D eigenvalue weighted by Crippen LogP contribution is 2.14. The fourth-order valence-electron chi connectivity index (χ4n) is 1.24. The monoisotopic (exact) mass is 226 g/mol. The number of hydrogen-bond acceptors (Lipinski definition) is 6. The average Bonchev–Trinajstić information content (AvgIpc) is 2.28. The van der Waals surface area contributed by atoms with Gasteiger partial charge >= 0.3 is 12.0 Å². The molecule has 0 saturated heterocycles. The number of hydrogen-bond donors (Lipinski definition) is 1. The summed E-state index contributed by atoms with van der Waals surface area (Å²) in [4.78, 5) is 12.1. The zero-order valence-electron chi connectivity index (χ0n) is 10.1. The molecule has 0 bridgehead atoms. The summed E-state index contributed by atoms with van der Waals surface area (Å²) in [5.74, 6) is 0.436. The first-order valence-corrected chi connectivity index (χ1v) is 5.34. The predicted molar refractivity (Wildman–Crippen MR) is 60.9 cm³/mol. The van der Waals surface area contributed by atoms with Crippen molar-refractivity contribution in [2.24, 2.45) is 0 Å². The van der Waals surface area contributed by atoms with Gasteiger partial charge in [-0.15, -0.1) is 4.98 Å². The number of nitrogens with zero attached hydrogens (tertiary/aromatic N) is 3. The molecule has 0 radical (unpaired) electrons. The first-order valence-electron chi connectivity index (χ1n) is 5.34. The first kappa shape index (κ1) is 12.5. The Labute approximate surface area is 95.4 Å². The Balaban J connectivity index is 2.78. The van der Waals surface area contributed by atoms with Gasteiger partial charge in [0.2, 0.25) is 5.95 Å². The van der Waals surface area contributed by atoms with Crippen molar-refractivity contribution in [2.45, 2.75) is 32.8 Å². The second-order valence-corrected chi connectivity index (χ2v) is 3.40. The minimum absolute atomic E-state index is 0.0850. The SMILES string of the molecule is CCCC(C)Oc1nc(NC)nc(OC)n1. The third-order valence-corrected chi connectivity index (χ3v) is 2.00. The molecular weight excluding hydrogens is 208 g/mol. The summed E-state index contributed by atoms with van der Waals surface area (Å²) in [7, 11) is 3.24. The largest absolute Gasteiger partial charge is 0.467 e. The number of ether oxygens (including phenoxy) is 2. The molecule has 1 N–H and O–H groups in total. The van der Waals surface area contributed by atoms with E-state index in [0.29, 0.717) is 5.95 Å². The van der Waals surface area contributed by atoms with Crippen LogP contribution in [0.5, 0.6) is 12.0 Å². The lowest BCUT2D eigenvalue weighted by Crippen LogP contribution is -2.14. The van der Waals surface area contributed by atoms with Crippen LogP contribution in [0.25, 0.3) is 0 Å². The van der Waals surface area contributed by atoms with E-state index < -0.39 is 0 Å². The van der Waals surface area contributed by atoms with E-state index in [1.807, 2.05) is 6.92 Å². The summed E-state index contributed by atoms with van der Waals surface area (Å²) in [6.45, 7) is 4.09. The summed E-state index contributed by atoms with van der Waals surface area (Å²) in [5, 5.41) is 2.83. The van der Waals surface area contributed by atoms with Gasteiger partial charge in [-0.3, -0.25) is 0 Å². The van der Waals surface area contributed by atoms with Crippen LogP contribution < -0.4 is 14.8 Å². The maximum Gasteiger partial charge on any atom is 0.324 e. The van der Waals surface area contributed by atoms with Crippen molar-refractivity contribution in [1.82, 2.24) is 15.0 Å². The highest BCUT2D eigenvalue weighted by molar-refractivity contribution is 5.26. The smallest absolute Gasteiger partial charge is 0.324 e. The minimum Gasteiger partial charge on any atom is -0.467 e. The quantitative estimate of drug-likeness (QED) is 0.792. The third kappa shape index (κ3) is 3.52. The fourth-order valence-corrected chi connectivity index (χ4v) is 1.24. The van der Waals surface area contributed by atoms with E-state index in [-0.39, 0.29) is 18.1 Å². The van der Waals surface area contributed by atoms with Crippen molar-refractivity contribution in [2.75, 3.05) is 19.5 Å². The van der Waals surface area contributed by atoms with Gasteiger partial charge in [0.15, 0.2) is 0 Å². The Morgan fingerprint density at radius 2 is 1.94 bits per heavy atom. The molecule has 16 heavy (non-hydrogen) atoms. The molecule has 0 aliphatic carbocycles. The van der Waals surface area contributed by atoms with E-state index in [1.165, 1.54) is 7.11 Å². The van der Waals surface area contributed by atoms with Crippen molar-refractivity contribution >= 4 is 5.95 Å². The summed E-state index contributed by atoms with van der Waals surface area (Å²) in [5.41, 5.74) is 0. The van der Waals surface area contributed by atoms with Gasteiger partial charge in [-0.2, -0.15) is 9.97 Å². The van der Waals surface area contributed by atoms with Gasteiger partial charge < -0.3 is 14.8 Å². The second kappa shape index (κ2) is 6.09. The predicted octanol–water partition coefficient (Wildman–Crippen LogP) is 1.49. The number of anilines is 1. The Kier molecular flexibility index (Phi) is 4.75. The fraction of sp³-hybridized carbons (Fsp3) is 0.700. The minimum atomic E-state index is 0.0850. The molecule has 0 aliphatic heterocycles. The van der Waals surface area contributed by atoms with Crippen LogP contribution in [0.1, 0.15) is 26.7 Å². The molecule has 0 aromatic carbocycles. The highest BCUT2D eigenvalue weighted by Gasteiger charge is 2.09. The molecular formula is C10H18N4O2. The van der Waals surface area contributed by atoms with Crippen LogP contribution in [0, 0.1) is 0 Å². The molecule has 0 amide bonds. The average molecular weight is 226 g/mol. The zero-order chi connectivity index (χ0) is 12.0. The molecule has 0 fully saturated rings. The van der Waals surface area contributed by atoms with Gasteiger partial charge in [-0.25, -0.2) is 0 Å². The summed E-state index contributed by atoms with van der Waals surface area (Å²) in [6, 6.07) is 0.537. The van der Waals surface area contributed by atoms with Crippen LogP contribution in [-0.2, 0) is 0 Å². The Bertz CT molecular complexity index is 310. The van der Waals surface area contributed by atoms with Crippen molar-refractivity contribution < 1.29 is 9.47 Å². The van der Waals surface area contributed by atoms with E-state index in [9.17, 15) is 0 Å². The molecule has 0 spiro atoms. The molecule has 0 aliphatic rings. The number of methoxy groups -OCH3 is 1. The lowest BCUT2D eigenvalue weighted by Gasteiger charge is -2.12.